The number of rotatable bonds is 6. The van der Waals surface area contributed by atoms with E-state index in [2.05, 4.69) is 16.9 Å². The van der Waals surface area contributed by atoms with Gasteiger partial charge >= 0.3 is 6.36 Å². The number of halogens is 3. The lowest BCUT2D eigenvalue weighted by Crippen LogP contribution is -2.18. The lowest BCUT2D eigenvalue weighted by molar-refractivity contribution is -0.274. The number of ether oxygens (including phenoxy) is 1. The molecule has 0 heterocycles. The molecule has 0 saturated heterocycles. The zero-order valence-electron chi connectivity index (χ0n) is 16.8. The Morgan fingerprint density at radius 3 is 1.97 bits per heavy atom. The highest BCUT2D eigenvalue weighted by Crippen LogP contribution is 2.40. The standard InChI is InChI=1S/C24H30F3NO/c25-24(26,27)29-23-15-13-22(14-16-23)21-11-9-20(10-12-21)8-7-19-5-3-18(4-6-19)2-1-17-28/h1-2,13-16,18-21H,3-12H2/b2-1+/t18-,19-,20-,21-. The van der Waals surface area contributed by atoms with Crippen LogP contribution in [-0.2, 0) is 0 Å². The molecule has 0 amide bonds. The van der Waals surface area contributed by atoms with E-state index in [9.17, 15) is 13.2 Å². The molecule has 0 bridgehead atoms. The highest BCUT2D eigenvalue weighted by Gasteiger charge is 2.31. The monoisotopic (exact) mass is 405 g/mol. The van der Waals surface area contributed by atoms with Crippen LogP contribution >= 0.6 is 0 Å². The van der Waals surface area contributed by atoms with Gasteiger partial charge in [-0.25, -0.2) is 0 Å². The van der Waals surface area contributed by atoms with Gasteiger partial charge in [-0.3, -0.25) is 0 Å². The van der Waals surface area contributed by atoms with Gasteiger partial charge in [0.25, 0.3) is 0 Å². The van der Waals surface area contributed by atoms with Gasteiger partial charge in [-0.15, -0.1) is 13.2 Å². The van der Waals surface area contributed by atoms with Crippen LogP contribution in [0.4, 0.5) is 13.2 Å². The van der Waals surface area contributed by atoms with Gasteiger partial charge in [0.15, 0.2) is 0 Å². The molecule has 29 heavy (non-hydrogen) atoms. The van der Waals surface area contributed by atoms with Gasteiger partial charge in [0, 0.05) is 6.08 Å². The summed E-state index contributed by atoms with van der Waals surface area (Å²) in [6.45, 7) is 0. The highest BCUT2D eigenvalue weighted by molar-refractivity contribution is 5.29. The number of nitrogens with zero attached hydrogens (tertiary/aromatic N) is 1. The Bertz CT molecular complexity index is 688. The highest BCUT2D eigenvalue weighted by atomic mass is 19.4. The fraction of sp³-hybridized carbons (Fsp3) is 0.625. The topological polar surface area (TPSA) is 33.0 Å². The first kappa shape index (κ1) is 21.7. The van der Waals surface area contributed by atoms with Gasteiger partial charge in [-0.2, -0.15) is 5.26 Å². The Labute approximate surface area is 171 Å². The second-order valence-corrected chi connectivity index (χ2v) is 8.68. The number of alkyl halides is 3. The number of nitriles is 1. The summed E-state index contributed by atoms with van der Waals surface area (Å²) < 4.78 is 40.8. The summed E-state index contributed by atoms with van der Waals surface area (Å²) in [6, 6.07) is 8.51. The first-order valence-corrected chi connectivity index (χ1v) is 10.8. The summed E-state index contributed by atoms with van der Waals surface area (Å²) in [6.07, 6.45) is 11.3. The van der Waals surface area contributed by atoms with Crippen molar-refractivity contribution in [2.75, 3.05) is 0 Å². The van der Waals surface area contributed by atoms with Crippen molar-refractivity contribution < 1.29 is 17.9 Å². The number of hydrogen-bond acceptors (Lipinski definition) is 2. The maximum absolute atomic E-state index is 12.3. The van der Waals surface area contributed by atoms with Gasteiger partial charge < -0.3 is 4.74 Å². The van der Waals surface area contributed by atoms with E-state index >= 15 is 0 Å². The van der Waals surface area contributed by atoms with E-state index in [1.165, 1.54) is 63.5 Å². The third kappa shape index (κ3) is 7.10. The molecule has 1 aromatic rings. The molecule has 0 atom stereocenters. The molecule has 2 aliphatic rings. The minimum Gasteiger partial charge on any atom is -0.406 e. The van der Waals surface area contributed by atoms with Crippen LogP contribution in [-0.4, -0.2) is 6.36 Å². The first-order valence-electron chi connectivity index (χ1n) is 10.8. The molecule has 2 saturated carbocycles. The average molecular weight is 406 g/mol. The van der Waals surface area contributed by atoms with Gasteiger partial charge in [0.1, 0.15) is 5.75 Å². The summed E-state index contributed by atoms with van der Waals surface area (Å²) in [5.74, 6) is 2.52. The molecule has 0 radical (unpaired) electrons. The fourth-order valence-corrected chi connectivity index (χ4v) is 5.05. The molecule has 0 aromatic heterocycles. The van der Waals surface area contributed by atoms with Crippen molar-refractivity contribution in [3.8, 4) is 11.8 Å². The Morgan fingerprint density at radius 2 is 1.45 bits per heavy atom. The van der Waals surface area contributed by atoms with Crippen LogP contribution in [0.15, 0.2) is 36.4 Å². The van der Waals surface area contributed by atoms with Gasteiger partial charge in [-0.1, -0.05) is 31.1 Å². The molecule has 0 N–H and O–H groups in total. The number of hydrogen-bond donors (Lipinski definition) is 0. The first-order chi connectivity index (χ1) is 13.9. The largest absolute Gasteiger partial charge is 0.573 e. The lowest BCUT2D eigenvalue weighted by atomic mass is 9.74. The molecule has 0 unspecified atom stereocenters. The van der Waals surface area contributed by atoms with Crippen molar-refractivity contribution in [2.24, 2.45) is 17.8 Å². The predicted octanol–water partition coefficient (Wildman–Crippen LogP) is 7.53. The minimum atomic E-state index is -4.63. The predicted molar refractivity (Wildman–Crippen MR) is 107 cm³/mol. The van der Waals surface area contributed by atoms with Crippen LogP contribution in [0.25, 0.3) is 0 Å². The molecule has 1 aromatic carbocycles. The summed E-state index contributed by atoms with van der Waals surface area (Å²) in [7, 11) is 0. The third-order valence-corrected chi connectivity index (χ3v) is 6.75. The Hall–Kier alpha value is -1.96. The molecule has 158 valence electrons. The molecule has 5 heteroatoms. The van der Waals surface area contributed by atoms with E-state index in [0.29, 0.717) is 11.8 Å². The third-order valence-electron chi connectivity index (χ3n) is 6.75. The van der Waals surface area contributed by atoms with Crippen molar-refractivity contribution in [2.45, 2.75) is 76.5 Å². The molecule has 0 aliphatic heterocycles. The van der Waals surface area contributed by atoms with Crippen LogP contribution in [0.1, 0.15) is 75.7 Å². The quantitative estimate of drug-likeness (QED) is 0.458. The molecule has 3 rings (SSSR count). The van der Waals surface area contributed by atoms with E-state index in [-0.39, 0.29) is 5.75 Å². The lowest BCUT2D eigenvalue weighted by Gasteiger charge is -2.31. The summed E-state index contributed by atoms with van der Waals surface area (Å²) in [5, 5.41) is 8.64. The maximum atomic E-state index is 12.3. The van der Waals surface area contributed by atoms with Gasteiger partial charge in [0.05, 0.1) is 6.07 Å². The van der Waals surface area contributed by atoms with Crippen LogP contribution in [0, 0.1) is 29.1 Å². The van der Waals surface area contributed by atoms with Crippen LogP contribution < -0.4 is 4.74 Å². The number of benzene rings is 1. The van der Waals surface area contributed by atoms with Crippen molar-refractivity contribution in [1.29, 1.82) is 5.26 Å². The second kappa shape index (κ2) is 10.2. The average Bonchev–Trinajstić information content (AvgIpc) is 2.71. The normalized spacial score (nSPS) is 28.2. The molecule has 2 fully saturated rings. The zero-order chi connectivity index (χ0) is 20.7. The maximum Gasteiger partial charge on any atom is 0.573 e. The van der Waals surface area contributed by atoms with Crippen molar-refractivity contribution in [3.05, 3.63) is 42.0 Å². The van der Waals surface area contributed by atoms with Crippen LogP contribution in [0.3, 0.4) is 0 Å². The van der Waals surface area contributed by atoms with Crippen molar-refractivity contribution in [1.82, 2.24) is 0 Å². The van der Waals surface area contributed by atoms with E-state index in [0.717, 1.165) is 30.2 Å². The molecule has 0 spiro atoms. The van der Waals surface area contributed by atoms with Crippen molar-refractivity contribution in [3.63, 3.8) is 0 Å². The molecule has 2 nitrogen and oxygen atoms in total. The summed E-state index contributed by atoms with van der Waals surface area (Å²) in [5.41, 5.74) is 1.13. The van der Waals surface area contributed by atoms with E-state index in [1.54, 1.807) is 18.2 Å². The number of allylic oxidation sites excluding steroid dienone is 2. The summed E-state index contributed by atoms with van der Waals surface area (Å²) in [4.78, 5) is 0. The van der Waals surface area contributed by atoms with E-state index in [1.807, 2.05) is 0 Å². The minimum absolute atomic E-state index is 0.146. The van der Waals surface area contributed by atoms with Crippen molar-refractivity contribution >= 4 is 0 Å². The fourth-order valence-electron chi connectivity index (χ4n) is 5.05. The smallest absolute Gasteiger partial charge is 0.406 e. The van der Waals surface area contributed by atoms with Gasteiger partial charge in [-0.05, 0) is 92.7 Å². The van der Waals surface area contributed by atoms with E-state index in [4.69, 9.17) is 5.26 Å². The SMILES string of the molecule is N#C/C=C/[C@H]1CC[C@H](CC[C@H]2CC[C@H](c3ccc(OC(F)(F)F)cc3)CC2)CC1. The van der Waals surface area contributed by atoms with E-state index < -0.39 is 6.36 Å². The van der Waals surface area contributed by atoms with Crippen LogP contribution in [0.5, 0.6) is 5.75 Å². The van der Waals surface area contributed by atoms with Gasteiger partial charge in [0.2, 0.25) is 0 Å². The zero-order valence-corrected chi connectivity index (χ0v) is 16.8. The Balaban J connectivity index is 1.37. The molecule has 2 aliphatic carbocycles. The summed E-state index contributed by atoms with van der Waals surface area (Å²) >= 11 is 0. The Kier molecular flexibility index (Phi) is 7.64. The second-order valence-electron chi connectivity index (χ2n) is 8.68. The molecular weight excluding hydrogens is 375 g/mol. The molecular formula is C24H30F3NO. The van der Waals surface area contributed by atoms with Crippen LogP contribution in [0.2, 0.25) is 0 Å². The Morgan fingerprint density at radius 1 is 0.897 bits per heavy atom.